The predicted octanol–water partition coefficient (Wildman–Crippen LogP) is 3.29. The quantitative estimate of drug-likeness (QED) is 0.759. The molecule has 0 heterocycles. The van der Waals surface area contributed by atoms with Crippen molar-refractivity contribution in [3.05, 3.63) is 35.9 Å². The first-order valence-electron chi connectivity index (χ1n) is 5.21. The Labute approximate surface area is 99.4 Å². The number of rotatable bonds is 5. The fraction of sp³-hybridized carbons (Fsp3) is 0.417. The summed E-state index contributed by atoms with van der Waals surface area (Å²) in [6.45, 7) is 7.07. The predicted molar refractivity (Wildman–Crippen MR) is 69.5 cm³/mol. The van der Waals surface area contributed by atoms with Gasteiger partial charge in [-0.15, -0.1) is 0 Å². The maximum absolute atomic E-state index is 11.8. The third kappa shape index (κ3) is 5.31. The first-order valence-corrected chi connectivity index (χ1v) is 11.0. The van der Waals surface area contributed by atoms with Gasteiger partial charge in [-0.2, -0.15) is 0 Å². The molecule has 0 saturated carbocycles. The van der Waals surface area contributed by atoms with Crippen molar-refractivity contribution in [2.24, 2.45) is 0 Å². The van der Waals surface area contributed by atoms with Gasteiger partial charge in [-0.05, 0) is 0 Å². The average Bonchev–Trinajstić information content (AvgIpc) is 2.17. The van der Waals surface area contributed by atoms with Crippen molar-refractivity contribution in [2.75, 3.05) is 0 Å². The Hall–Kier alpha value is -0.374. The maximum atomic E-state index is 11.8. The van der Waals surface area contributed by atoms with Gasteiger partial charge in [0.1, 0.15) is 0 Å². The Morgan fingerprint density at radius 1 is 1.20 bits per heavy atom. The normalized spacial score (nSPS) is 11.4. The van der Waals surface area contributed by atoms with Crippen molar-refractivity contribution in [3.8, 4) is 0 Å². The van der Waals surface area contributed by atoms with E-state index in [1.165, 1.54) is 6.04 Å². The number of hydrogen-bond acceptors (Lipinski definition) is 1. The molecular weight excluding hydrogens is 267 g/mol. The van der Waals surface area contributed by atoms with Gasteiger partial charge in [0.25, 0.3) is 0 Å². The molecule has 0 N–H and O–H groups in total. The van der Waals surface area contributed by atoms with Crippen LogP contribution in [0.2, 0.25) is 31.0 Å². The van der Waals surface area contributed by atoms with Gasteiger partial charge in [0.15, 0.2) is 0 Å². The van der Waals surface area contributed by atoms with E-state index in [-0.39, 0.29) is 15.0 Å². The van der Waals surface area contributed by atoms with Crippen molar-refractivity contribution in [3.63, 3.8) is 0 Å². The molecule has 0 fully saturated rings. The van der Waals surface area contributed by atoms with Crippen LogP contribution >= 0.6 is 0 Å². The molecular formula is C12H18OSeSi. The molecule has 0 bridgehead atoms. The van der Waals surface area contributed by atoms with E-state index in [9.17, 15) is 4.79 Å². The average molecular weight is 285 g/mol. The molecule has 0 atom stereocenters. The van der Waals surface area contributed by atoms with Crippen molar-refractivity contribution in [2.45, 2.75) is 31.0 Å². The minimum absolute atomic E-state index is 0.141. The summed E-state index contributed by atoms with van der Waals surface area (Å²) in [5.74, 6) is 0. The standard InChI is InChI=1S/C12H18OSeSi/c1-15(2,3)10-9-14-12(13)11-7-5-4-6-8-11/h4-8H,9-10H2,1-3H3. The second kappa shape index (κ2) is 5.64. The Bertz CT molecular complexity index is 316. The molecule has 0 aliphatic rings. The molecule has 1 rings (SSSR count). The molecule has 82 valence electrons. The summed E-state index contributed by atoms with van der Waals surface area (Å²) in [6, 6.07) is 10.9. The Kier molecular flexibility index (Phi) is 4.77. The van der Waals surface area contributed by atoms with Crippen LogP contribution in [0.4, 0.5) is 0 Å². The van der Waals surface area contributed by atoms with Crippen LogP contribution in [0.3, 0.4) is 0 Å². The number of benzene rings is 1. The third-order valence-electron chi connectivity index (χ3n) is 2.09. The van der Waals surface area contributed by atoms with Crippen LogP contribution in [0.1, 0.15) is 10.4 Å². The van der Waals surface area contributed by atoms with Crippen LogP contribution in [-0.2, 0) is 0 Å². The molecule has 15 heavy (non-hydrogen) atoms. The first-order chi connectivity index (χ1) is 6.99. The van der Waals surface area contributed by atoms with E-state index in [1.807, 2.05) is 30.3 Å². The van der Waals surface area contributed by atoms with E-state index in [0.717, 1.165) is 10.9 Å². The van der Waals surface area contributed by atoms with E-state index in [4.69, 9.17) is 0 Å². The van der Waals surface area contributed by atoms with Gasteiger partial charge >= 0.3 is 99.4 Å². The molecule has 1 aromatic carbocycles. The summed E-state index contributed by atoms with van der Waals surface area (Å²) in [5.41, 5.74) is 0.882. The Morgan fingerprint density at radius 3 is 2.33 bits per heavy atom. The van der Waals surface area contributed by atoms with Crippen LogP contribution in [0, 0.1) is 0 Å². The molecule has 0 saturated heterocycles. The molecule has 0 radical (unpaired) electrons. The van der Waals surface area contributed by atoms with Crippen LogP contribution < -0.4 is 0 Å². The van der Waals surface area contributed by atoms with E-state index < -0.39 is 8.07 Å². The molecule has 0 aromatic heterocycles. The number of carbonyl (C=O) groups excluding carboxylic acids is 1. The van der Waals surface area contributed by atoms with Crippen molar-refractivity contribution >= 4 is 27.7 Å². The summed E-state index contributed by atoms with van der Waals surface area (Å²) in [7, 11) is -0.962. The molecule has 0 unspecified atom stereocenters. The summed E-state index contributed by atoms with van der Waals surface area (Å²) >= 11 is 0.141. The second-order valence-electron chi connectivity index (χ2n) is 4.81. The van der Waals surface area contributed by atoms with Crippen LogP contribution in [0.15, 0.2) is 30.3 Å². The van der Waals surface area contributed by atoms with Gasteiger partial charge in [0.2, 0.25) is 0 Å². The van der Waals surface area contributed by atoms with Gasteiger partial charge in [-0.1, -0.05) is 0 Å². The molecule has 1 aromatic rings. The SMILES string of the molecule is C[Si](C)(C)CC[Se]C(=O)c1ccccc1. The van der Waals surface area contributed by atoms with E-state index in [1.54, 1.807) is 0 Å². The topological polar surface area (TPSA) is 17.1 Å². The third-order valence-corrected chi connectivity index (χ3v) is 6.56. The zero-order valence-corrected chi connectivity index (χ0v) is 12.3. The summed E-state index contributed by atoms with van der Waals surface area (Å²) < 4.78 is 0.348. The van der Waals surface area contributed by atoms with Crippen molar-refractivity contribution < 1.29 is 4.79 Å². The van der Waals surface area contributed by atoms with E-state index in [2.05, 4.69) is 19.6 Å². The number of carbonyl (C=O) groups is 1. The number of hydrogen-bond donors (Lipinski definition) is 0. The second-order valence-corrected chi connectivity index (χ2v) is 12.7. The molecule has 0 spiro atoms. The van der Waals surface area contributed by atoms with Crippen LogP contribution in [0.25, 0.3) is 0 Å². The van der Waals surface area contributed by atoms with Crippen molar-refractivity contribution in [1.29, 1.82) is 0 Å². The minimum atomic E-state index is -0.962. The van der Waals surface area contributed by atoms with Gasteiger partial charge in [-0.25, -0.2) is 0 Å². The van der Waals surface area contributed by atoms with Gasteiger partial charge < -0.3 is 0 Å². The zero-order chi connectivity index (χ0) is 11.3. The van der Waals surface area contributed by atoms with E-state index >= 15 is 0 Å². The fourth-order valence-corrected chi connectivity index (χ4v) is 7.34. The molecule has 0 aliphatic carbocycles. The first kappa shape index (κ1) is 12.7. The van der Waals surface area contributed by atoms with Crippen LogP contribution in [0.5, 0.6) is 0 Å². The summed E-state index contributed by atoms with van der Waals surface area (Å²) in [5, 5.41) is 1.11. The summed E-state index contributed by atoms with van der Waals surface area (Å²) in [4.78, 5) is 11.8. The van der Waals surface area contributed by atoms with Crippen LogP contribution in [-0.4, -0.2) is 27.7 Å². The summed E-state index contributed by atoms with van der Waals surface area (Å²) in [6.07, 6.45) is 0. The Morgan fingerprint density at radius 2 is 1.80 bits per heavy atom. The zero-order valence-electron chi connectivity index (χ0n) is 9.62. The molecule has 1 nitrogen and oxygen atoms in total. The Balaban J connectivity index is 2.38. The fourth-order valence-electron chi connectivity index (χ4n) is 1.11. The van der Waals surface area contributed by atoms with Gasteiger partial charge in [0.05, 0.1) is 0 Å². The molecule has 0 aliphatic heterocycles. The molecule has 0 amide bonds. The van der Waals surface area contributed by atoms with Gasteiger partial charge in [-0.3, -0.25) is 0 Å². The molecule has 3 heteroatoms. The monoisotopic (exact) mass is 286 g/mol. The van der Waals surface area contributed by atoms with Gasteiger partial charge in [0, 0.05) is 0 Å². The van der Waals surface area contributed by atoms with Crippen molar-refractivity contribution in [1.82, 2.24) is 0 Å². The van der Waals surface area contributed by atoms with E-state index in [0.29, 0.717) is 4.68 Å².